The zero-order chi connectivity index (χ0) is 21.2. The third-order valence-corrected chi connectivity index (χ3v) is 6.30. The van der Waals surface area contributed by atoms with Crippen LogP contribution in [0.2, 0.25) is 0 Å². The van der Waals surface area contributed by atoms with E-state index in [9.17, 15) is 4.79 Å². The number of halogens is 1. The maximum Gasteiger partial charge on any atom is 0.257 e. The van der Waals surface area contributed by atoms with Gasteiger partial charge in [-0.3, -0.25) is 4.79 Å². The van der Waals surface area contributed by atoms with Gasteiger partial charge in [-0.05, 0) is 39.7 Å². The van der Waals surface area contributed by atoms with Crippen LogP contribution in [0.5, 0.6) is 11.5 Å². The van der Waals surface area contributed by atoms with Crippen molar-refractivity contribution in [1.29, 1.82) is 0 Å². The van der Waals surface area contributed by atoms with Gasteiger partial charge in [0.1, 0.15) is 18.7 Å². The van der Waals surface area contributed by atoms with Gasteiger partial charge < -0.3 is 19.2 Å². The van der Waals surface area contributed by atoms with E-state index >= 15 is 0 Å². The number of fused-ring (bicyclic) bond motifs is 2. The summed E-state index contributed by atoms with van der Waals surface area (Å²) in [6.07, 6.45) is 0. The number of anilines is 1. The molecule has 0 radical (unpaired) electrons. The monoisotopic (exact) mass is 496 g/mol. The Morgan fingerprint density at radius 3 is 2.61 bits per heavy atom. The summed E-state index contributed by atoms with van der Waals surface area (Å²) in [5, 5.41) is 3.54. The van der Waals surface area contributed by atoms with Gasteiger partial charge in [0.15, 0.2) is 17.1 Å². The Balaban J connectivity index is 1.34. The Bertz CT molecular complexity index is 1240. The second kappa shape index (κ2) is 8.64. The van der Waals surface area contributed by atoms with Crippen LogP contribution in [0.25, 0.3) is 11.1 Å². The Kier molecular flexibility index (Phi) is 5.57. The summed E-state index contributed by atoms with van der Waals surface area (Å²) >= 11 is 4.95. The van der Waals surface area contributed by atoms with E-state index in [0.29, 0.717) is 46.9 Å². The van der Waals surface area contributed by atoms with Gasteiger partial charge in [0.05, 0.1) is 5.69 Å². The second-order valence-electron chi connectivity index (χ2n) is 6.82. The molecular formula is C23H17BrN2O4S. The lowest BCUT2D eigenvalue weighted by atomic mass is 10.1. The number of hydrogen-bond acceptors (Lipinski definition) is 6. The Morgan fingerprint density at radius 2 is 1.77 bits per heavy atom. The highest BCUT2D eigenvalue weighted by Crippen LogP contribution is 2.38. The van der Waals surface area contributed by atoms with Gasteiger partial charge in [0, 0.05) is 27.9 Å². The first-order chi connectivity index (χ1) is 15.2. The lowest BCUT2D eigenvalue weighted by molar-refractivity contribution is 0.102. The largest absolute Gasteiger partial charge is 0.486 e. The first kappa shape index (κ1) is 20.0. The van der Waals surface area contributed by atoms with Gasteiger partial charge >= 0.3 is 0 Å². The van der Waals surface area contributed by atoms with Crippen molar-refractivity contribution in [3.63, 3.8) is 0 Å². The van der Waals surface area contributed by atoms with Gasteiger partial charge in [-0.2, -0.15) is 0 Å². The fourth-order valence-corrected chi connectivity index (χ4v) is 4.53. The van der Waals surface area contributed by atoms with Crippen LogP contribution >= 0.6 is 27.7 Å². The van der Waals surface area contributed by atoms with E-state index in [1.165, 1.54) is 11.8 Å². The summed E-state index contributed by atoms with van der Waals surface area (Å²) < 4.78 is 17.7. The molecule has 156 valence electrons. The van der Waals surface area contributed by atoms with Gasteiger partial charge in [-0.1, -0.05) is 42.1 Å². The van der Waals surface area contributed by atoms with Crippen molar-refractivity contribution in [2.45, 2.75) is 11.0 Å². The molecular weight excluding hydrogens is 480 g/mol. The molecule has 0 saturated heterocycles. The minimum atomic E-state index is -0.203. The van der Waals surface area contributed by atoms with Crippen LogP contribution in [0.15, 0.2) is 74.8 Å². The molecule has 4 aromatic rings. The first-order valence-electron chi connectivity index (χ1n) is 9.64. The molecule has 0 spiro atoms. The lowest BCUT2D eigenvalue weighted by Crippen LogP contribution is -2.17. The van der Waals surface area contributed by atoms with E-state index in [0.717, 1.165) is 21.1 Å². The van der Waals surface area contributed by atoms with E-state index < -0.39 is 0 Å². The molecule has 5 rings (SSSR count). The molecule has 1 amide bonds. The molecule has 0 aliphatic carbocycles. The van der Waals surface area contributed by atoms with Gasteiger partial charge in [0.25, 0.3) is 11.1 Å². The predicted molar refractivity (Wildman–Crippen MR) is 123 cm³/mol. The normalized spacial score (nSPS) is 12.7. The third-order valence-electron chi connectivity index (χ3n) is 4.77. The van der Waals surface area contributed by atoms with E-state index in [1.54, 1.807) is 12.1 Å². The van der Waals surface area contributed by atoms with Crippen LogP contribution in [0, 0.1) is 0 Å². The SMILES string of the molecule is O=C(Nc1cc2c(cc1Br)OCCO2)c1ccccc1CSc1nc2ccccc2o1. The molecule has 0 fully saturated rings. The van der Waals surface area contributed by atoms with Crippen molar-refractivity contribution < 1.29 is 18.7 Å². The molecule has 1 aromatic heterocycles. The average Bonchev–Trinajstić information content (AvgIpc) is 3.21. The fraction of sp³-hybridized carbons (Fsp3) is 0.130. The molecule has 8 heteroatoms. The number of oxazole rings is 1. The number of rotatable bonds is 5. The molecule has 6 nitrogen and oxygen atoms in total. The smallest absolute Gasteiger partial charge is 0.257 e. The molecule has 1 aliphatic rings. The number of thioether (sulfide) groups is 1. The number of ether oxygens (including phenoxy) is 2. The van der Waals surface area contributed by atoms with Crippen LogP contribution in [-0.4, -0.2) is 24.1 Å². The quantitative estimate of drug-likeness (QED) is 0.346. The number of benzene rings is 3. The summed E-state index contributed by atoms with van der Waals surface area (Å²) in [6, 6.07) is 18.7. The maximum absolute atomic E-state index is 13.1. The molecule has 0 bridgehead atoms. The van der Waals surface area contributed by atoms with Crippen molar-refractivity contribution in [3.8, 4) is 11.5 Å². The fourth-order valence-electron chi connectivity index (χ4n) is 3.27. The Labute approximate surface area is 191 Å². The lowest BCUT2D eigenvalue weighted by Gasteiger charge is -2.20. The maximum atomic E-state index is 13.1. The highest BCUT2D eigenvalue weighted by Gasteiger charge is 2.18. The number of nitrogens with zero attached hydrogens (tertiary/aromatic N) is 1. The van der Waals surface area contributed by atoms with Gasteiger partial charge in [-0.25, -0.2) is 4.98 Å². The Hall–Kier alpha value is -2.97. The minimum absolute atomic E-state index is 0.203. The average molecular weight is 497 g/mol. The summed E-state index contributed by atoms with van der Waals surface area (Å²) in [5.74, 6) is 1.63. The summed E-state index contributed by atoms with van der Waals surface area (Å²) in [7, 11) is 0. The van der Waals surface area contributed by atoms with Crippen LogP contribution in [0.4, 0.5) is 5.69 Å². The topological polar surface area (TPSA) is 73.6 Å². The number of carbonyl (C=O) groups excluding carboxylic acids is 1. The number of nitrogens with one attached hydrogen (secondary N) is 1. The molecule has 0 saturated carbocycles. The standard InChI is InChI=1S/C23H17BrN2O4S/c24-16-11-20-21(29-10-9-28-20)12-18(16)25-22(27)15-6-2-1-5-14(15)13-31-23-26-17-7-3-4-8-19(17)30-23/h1-8,11-12H,9-10,13H2,(H,25,27). The highest BCUT2D eigenvalue weighted by molar-refractivity contribution is 9.10. The van der Waals surface area contributed by atoms with E-state index in [1.807, 2.05) is 48.5 Å². The second-order valence-corrected chi connectivity index (χ2v) is 8.60. The first-order valence-corrected chi connectivity index (χ1v) is 11.4. The number of aromatic nitrogens is 1. The minimum Gasteiger partial charge on any atom is -0.486 e. The number of hydrogen-bond donors (Lipinski definition) is 1. The molecule has 31 heavy (non-hydrogen) atoms. The van der Waals surface area contributed by atoms with Crippen LogP contribution in [-0.2, 0) is 5.75 Å². The summed E-state index contributed by atoms with van der Waals surface area (Å²) in [4.78, 5) is 17.5. The zero-order valence-corrected chi connectivity index (χ0v) is 18.7. The molecule has 0 unspecified atom stereocenters. The molecule has 3 aromatic carbocycles. The van der Waals surface area contributed by atoms with E-state index in [-0.39, 0.29) is 5.91 Å². The third kappa shape index (κ3) is 4.26. The number of para-hydroxylation sites is 2. The van der Waals surface area contributed by atoms with Crippen LogP contribution in [0.1, 0.15) is 15.9 Å². The Morgan fingerprint density at radius 1 is 1.03 bits per heavy atom. The van der Waals surface area contributed by atoms with E-state index in [2.05, 4.69) is 26.2 Å². The van der Waals surface area contributed by atoms with Crippen molar-refractivity contribution in [3.05, 3.63) is 76.3 Å². The zero-order valence-electron chi connectivity index (χ0n) is 16.3. The van der Waals surface area contributed by atoms with Crippen molar-refractivity contribution in [2.75, 3.05) is 18.5 Å². The number of amides is 1. The predicted octanol–water partition coefficient (Wildman–Crippen LogP) is 5.91. The number of carbonyl (C=O) groups is 1. The molecule has 0 atom stereocenters. The molecule has 1 aliphatic heterocycles. The van der Waals surface area contributed by atoms with Crippen molar-refractivity contribution in [2.24, 2.45) is 0 Å². The van der Waals surface area contributed by atoms with Crippen LogP contribution < -0.4 is 14.8 Å². The van der Waals surface area contributed by atoms with Crippen molar-refractivity contribution >= 4 is 50.4 Å². The van der Waals surface area contributed by atoms with Crippen LogP contribution in [0.3, 0.4) is 0 Å². The molecule has 2 heterocycles. The van der Waals surface area contributed by atoms with Crippen molar-refractivity contribution in [1.82, 2.24) is 4.98 Å². The van der Waals surface area contributed by atoms with Gasteiger partial charge in [0.2, 0.25) is 0 Å². The highest BCUT2D eigenvalue weighted by atomic mass is 79.9. The van der Waals surface area contributed by atoms with Gasteiger partial charge in [-0.15, -0.1) is 0 Å². The summed E-state index contributed by atoms with van der Waals surface area (Å²) in [6.45, 7) is 0.994. The van der Waals surface area contributed by atoms with E-state index in [4.69, 9.17) is 13.9 Å². The summed E-state index contributed by atoms with van der Waals surface area (Å²) in [5.41, 5.74) is 3.67. The molecule has 1 N–H and O–H groups in total.